The van der Waals surface area contributed by atoms with Crippen LogP contribution < -0.4 is 16.0 Å². The zero-order chi connectivity index (χ0) is 38.1. The van der Waals surface area contributed by atoms with Crippen molar-refractivity contribution < 1.29 is 34.4 Å². The number of methoxy groups -OCH3 is 1. The highest BCUT2D eigenvalue weighted by Gasteiger charge is 2.35. The number of benzene rings is 3. The lowest BCUT2D eigenvalue weighted by Crippen LogP contribution is -2.39. The lowest BCUT2D eigenvalue weighted by atomic mass is 9.80. The van der Waals surface area contributed by atoms with E-state index in [0.717, 1.165) is 91.9 Å². The molecule has 54 heavy (non-hydrogen) atoms. The van der Waals surface area contributed by atoms with Crippen LogP contribution in [-0.4, -0.2) is 85.2 Å². The van der Waals surface area contributed by atoms with E-state index in [1.165, 1.54) is 0 Å². The summed E-state index contributed by atoms with van der Waals surface area (Å²) in [6, 6.07) is 24.7. The number of carboxylic acids is 3. The van der Waals surface area contributed by atoms with Gasteiger partial charge in [0.25, 0.3) is 0 Å². The molecule has 10 heteroatoms. The van der Waals surface area contributed by atoms with Crippen LogP contribution in [0.2, 0.25) is 0 Å². The minimum atomic E-state index is -0.760. The topological polar surface area (TPSA) is 157 Å². The van der Waals surface area contributed by atoms with Crippen LogP contribution in [-0.2, 0) is 57.6 Å². The molecular formula is C44H57N3O7. The first-order chi connectivity index (χ1) is 26.1. The number of hydrogen-bond donors (Lipinski definition) is 6. The third-order valence-electron chi connectivity index (χ3n) is 12.3. The SMILES string of the molecule is COC(Cc1cccc(CC(C(=O)O)C2CCNC2)c1)(Cc1cccc(CC(C(=O)O)C2CCNC2)c1)Cc1cccc(CC(C(=O)O)C2CCNC2)c1. The summed E-state index contributed by atoms with van der Waals surface area (Å²) in [5.41, 5.74) is 5.41. The predicted molar refractivity (Wildman–Crippen MR) is 208 cm³/mol. The molecule has 0 spiro atoms. The van der Waals surface area contributed by atoms with Gasteiger partial charge in [-0.25, -0.2) is 0 Å². The van der Waals surface area contributed by atoms with E-state index in [4.69, 9.17) is 4.74 Å². The Labute approximate surface area is 319 Å². The second-order valence-electron chi connectivity index (χ2n) is 16.1. The predicted octanol–water partition coefficient (Wildman–Crippen LogP) is 4.66. The van der Waals surface area contributed by atoms with Crippen LogP contribution >= 0.6 is 0 Å². The first kappa shape index (κ1) is 39.6. The molecule has 0 saturated carbocycles. The van der Waals surface area contributed by atoms with Gasteiger partial charge in [-0.3, -0.25) is 14.4 Å². The highest BCUT2D eigenvalue weighted by Crippen LogP contribution is 2.32. The Kier molecular flexibility index (Phi) is 13.6. The number of nitrogens with one attached hydrogen (secondary N) is 3. The smallest absolute Gasteiger partial charge is 0.307 e. The number of ether oxygens (including phenoxy) is 1. The van der Waals surface area contributed by atoms with Gasteiger partial charge in [-0.2, -0.15) is 0 Å². The number of hydrogen-bond acceptors (Lipinski definition) is 7. The van der Waals surface area contributed by atoms with Gasteiger partial charge in [0.1, 0.15) is 0 Å². The van der Waals surface area contributed by atoms with E-state index >= 15 is 0 Å². The molecule has 290 valence electrons. The van der Waals surface area contributed by atoms with Gasteiger partial charge in [-0.1, -0.05) is 72.8 Å². The van der Waals surface area contributed by atoms with E-state index in [1.807, 2.05) is 36.4 Å². The minimum absolute atomic E-state index is 0.0973. The summed E-state index contributed by atoms with van der Waals surface area (Å²) < 4.78 is 6.56. The maximum absolute atomic E-state index is 12.4. The first-order valence-electron chi connectivity index (χ1n) is 19.7. The van der Waals surface area contributed by atoms with Gasteiger partial charge in [-0.05, 0) is 129 Å². The Balaban J connectivity index is 1.28. The van der Waals surface area contributed by atoms with Gasteiger partial charge in [0.05, 0.1) is 23.4 Å². The third kappa shape index (κ3) is 10.4. The molecule has 3 heterocycles. The van der Waals surface area contributed by atoms with E-state index in [1.54, 1.807) is 7.11 Å². The molecule has 6 N–H and O–H groups in total. The highest BCUT2D eigenvalue weighted by atomic mass is 16.5. The van der Waals surface area contributed by atoms with Gasteiger partial charge in [0.2, 0.25) is 0 Å². The maximum Gasteiger partial charge on any atom is 0.307 e. The Morgan fingerprint density at radius 2 is 0.870 bits per heavy atom. The summed E-state index contributed by atoms with van der Waals surface area (Å²) in [5, 5.41) is 40.3. The highest BCUT2D eigenvalue weighted by molar-refractivity contribution is 5.72. The Hall–Kier alpha value is -4.09. The first-order valence-corrected chi connectivity index (χ1v) is 19.7. The van der Waals surface area contributed by atoms with E-state index in [9.17, 15) is 29.7 Å². The molecule has 10 nitrogen and oxygen atoms in total. The number of aliphatic carboxylic acids is 3. The molecule has 3 aromatic rings. The molecule has 0 aromatic heterocycles. The number of carbonyl (C=O) groups is 3. The molecule has 3 aliphatic rings. The molecule has 6 atom stereocenters. The van der Waals surface area contributed by atoms with E-state index in [0.29, 0.717) is 38.5 Å². The summed E-state index contributed by atoms with van der Waals surface area (Å²) in [5.74, 6) is -3.37. The second kappa shape index (κ2) is 18.5. The minimum Gasteiger partial charge on any atom is -0.481 e. The summed E-state index contributed by atoms with van der Waals surface area (Å²) in [6.07, 6.45) is 5.64. The van der Waals surface area contributed by atoms with Gasteiger partial charge in [-0.15, -0.1) is 0 Å². The fourth-order valence-electron chi connectivity index (χ4n) is 9.31. The molecule has 0 aliphatic carbocycles. The fourth-order valence-corrected chi connectivity index (χ4v) is 9.31. The monoisotopic (exact) mass is 739 g/mol. The van der Waals surface area contributed by atoms with Crippen LogP contribution in [0.15, 0.2) is 72.8 Å². The summed E-state index contributed by atoms with van der Waals surface area (Å²) in [7, 11) is 1.74. The summed E-state index contributed by atoms with van der Waals surface area (Å²) in [4.78, 5) is 37.1. The Morgan fingerprint density at radius 3 is 1.11 bits per heavy atom. The van der Waals surface area contributed by atoms with Crippen LogP contribution in [0.1, 0.15) is 52.6 Å². The van der Waals surface area contributed by atoms with Crippen molar-refractivity contribution in [2.75, 3.05) is 46.4 Å². The molecule has 3 fully saturated rings. The quantitative estimate of drug-likeness (QED) is 0.102. The molecule has 3 saturated heterocycles. The van der Waals surface area contributed by atoms with Gasteiger partial charge in [0.15, 0.2) is 0 Å². The Morgan fingerprint density at radius 1 is 0.574 bits per heavy atom. The second-order valence-corrected chi connectivity index (χ2v) is 16.1. The number of carboxylic acid groups (broad SMARTS) is 3. The van der Waals surface area contributed by atoms with Crippen LogP contribution in [0.25, 0.3) is 0 Å². The zero-order valence-electron chi connectivity index (χ0n) is 31.5. The van der Waals surface area contributed by atoms with E-state index in [2.05, 4.69) is 52.3 Å². The molecule has 0 bridgehead atoms. The molecule has 3 aliphatic heterocycles. The van der Waals surface area contributed by atoms with Crippen molar-refractivity contribution in [1.82, 2.24) is 16.0 Å². The number of rotatable bonds is 19. The molecule has 3 aromatic carbocycles. The van der Waals surface area contributed by atoms with Crippen molar-refractivity contribution in [1.29, 1.82) is 0 Å². The average Bonchev–Trinajstić information content (AvgIpc) is 3.97. The normalized spacial score (nSPS) is 22.7. The lowest BCUT2D eigenvalue weighted by Gasteiger charge is -2.34. The van der Waals surface area contributed by atoms with Crippen molar-refractivity contribution in [2.24, 2.45) is 35.5 Å². The van der Waals surface area contributed by atoms with Crippen molar-refractivity contribution in [3.63, 3.8) is 0 Å². The van der Waals surface area contributed by atoms with Crippen molar-refractivity contribution in [2.45, 2.75) is 63.4 Å². The van der Waals surface area contributed by atoms with Gasteiger partial charge in [0, 0.05) is 26.4 Å². The standard InChI is InChI=1S/C44H57N3O7/c1-54-44(23-32-8-2-5-29(17-32)20-38(41(48)49)35-11-14-45-26-35,24-33-9-3-6-30(18-33)21-39(42(50)51)36-12-15-46-27-36)25-34-10-4-7-31(19-34)22-40(43(52)53)37-13-16-47-28-37/h2-10,17-19,35-40,45-47H,11-16,20-28H2,1H3,(H,48,49)(H,50,51)(H,52,53). The average molecular weight is 740 g/mol. The Bertz CT molecular complexity index is 1530. The molecular weight excluding hydrogens is 682 g/mol. The van der Waals surface area contributed by atoms with Gasteiger partial charge < -0.3 is 36.0 Å². The third-order valence-corrected chi connectivity index (χ3v) is 12.3. The molecule has 6 rings (SSSR count). The molecule has 0 radical (unpaired) electrons. The van der Waals surface area contributed by atoms with Crippen LogP contribution in [0.3, 0.4) is 0 Å². The van der Waals surface area contributed by atoms with Gasteiger partial charge >= 0.3 is 17.9 Å². The van der Waals surface area contributed by atoms with Crippen molar-refractivity contribution in [3.05, 3.63) is 106 Å². The van der Waals surface area contributed by atoms with E-state index < -0.39 is 41.3 Å². The van der Waals surface area contributed by atoms with Crippen LogP contribution in [0, 0.1) is 35.5 Å². The van der Waals surface area contributed by atoms with Crippen molar-refractivity contribution >= 4 is 17.9 Å². The van der Waals surface area contributed by atoms with Crippen LogP contribution in [0.4, 0.5) is 0 Å². The van der Waals surface area contributed by atoms with Crippen LogP contribution in [0.5, 0.6) is 0 Å². The lowest BCUT2D eigenvalue weighted by molar-refractivity contribution is -0.144. The largest absolute Gasteiger partial charge is 0.481 e. The van der Waals surface area contributed by atoms with Crippen molar-refractivity contribution in [3.8, 4) is 0 Å². The molecule has 0 amide bonds. The summed E-state index contributed by atoms with van der Waals surface area (Å²) >= 11 is 0. The maximum atomic E-state index is 12.4. The summed E-state index contributed by atoms with van der Waals surface area (Å²) in [6.45, 7) is 4.69. The fraction of sp³-hybridized carbons (Fsp3) is 0.523. The molecule has 6 unspecified atom stereocenters. The van der Waals surface area contributed by atoms with E-state index in [-0.39, 0.29) is 17.8 Å². The zero-order valence-corrected chi connectivity index (χ0v) is 31.5.